The molecule has 6 heteroatoms. The maximum atomic E-state index is 13.0. The van der Waals surface area contributed by atoms with E-state index in [4.69, 9.17) is 4.74 Å². The fraction of sp³-hybridized carbons (Fsp3) is 0.800. The van der Waals surface area contributed by atoms with Crippen LogP contribution in [-0.2, 0) is 19.1 Å². The molecular formula is C25H34O6. The van der Waals surface area contributed by atoms with E-state index in [1.54, 1.807) is 13.0 Å². The molecule has 6 nitrogen and oxygen atoms in total. The topological polar surface area (TPSA) is 104 Å². The summed E-state index contributed by atoms with van der Waals surface area (Å²) in [6.45, 7) is 8.15. The summed E-state index contributed by atoms with van der Waals surface area (Å²) < 4.78 is 6.65. The first-order valence-corrected chi connectivity index (χ1v) is 11.7. The maximum Gasteiger partial charge on any atom is 0.303 e. The van der Waals surface area contributed by atoms with Gasteiger partial charge in [-0.15, -0.1) is 0 Å². The molecule has 0 radical (unpaired) electrons. The number of carboxylic acids is 1. The molecule has 4 fully saturated rings. The third-order valence-corrected chi connectivity index (χ3v) is 10.7. The Hall–Kier alpha value is -1.53. The van der Waals surface area contributed by atoms with Crippen molar-refractivity contribution in [3.8, 4) is 0 Å². The van der Waals surface area contributed by atoms with Crippen LogP contribution in [0.2, 0.25) is 0 Å². The Morgan fingerprint density at radius 3 is 2.58 bits per heavy atom. The average molecular weight is 431 g/mol. The molecule has 0 aromatic carbocycles. The van der Waals surface area contributed by atoms with Crippen LogP contribution in [0.15, 0.2) is 11.6 Å². The molecule has 1 saturated heterocycles. The first-order chi connectivity index (χ1) is 14.4. The summed E-state index contributed by atoms with van der Waals surface area (Å²) in [5, 5.41) is 21.0. The summed E-state index contributed by atoms with van der Waals surface area (Å²) in [7, 11) is 0. The molecule has 0 bridgehead atoms. The van der Waals surface area contributed by atoms with Gasteiger partial charge in [0.2, 0.25) is 0 Å². The molecular weight excluding hydrogens is 396 g/mol. The van der Waals surface area contributed by atoms with Gasteiger partial charge in [-0.2, -0.15) is 0 Å². The van der Waals surface area contributed by atoms with E-state index in [9.17, 15) is 24.6 Å². The number of aliphatic carboxylic acids is 1. The number of carboxylic acid groups (broad SMARTS) is 1. The number of fused-ring (bicyclic) bond motifs is 3. The average Bonchev–Trinajstić information content (AvgIpc) is 3.35. The minimum absolute atomic E-state index is 0.0578. The lowest BCUT2D eigenvalue weighted by Crippen LogP contribution is -2.68. The van der Waals surface area contributed by atoms with Crippen LogP contribution in [-0.4, -0.2) is 45.1 Å². The number of rotatable bonds is 4. The number of aliphatic hydroxyl groups is 1. The van der Waals surface area contributed by atoms with Crippen LogP contribution in [0, 0.1) is 28.1 Å². The lowest BCUT2D eigenvalue weighted by Gasteiger charge is -2.64. The lowest BCUT2D eigenvalue weighted by molar-refractivity contribution is -0.175. The van der Waals surface area contributed by atoms with Gasteiger partial charge in [-0.25, -0.2) is 0 Å². The zero-order chi connectivity index (χ0) is 22.6. The summed E-state index contributed by atoms with van der Waals surface area (Å²) in [5.74, 6) is -0.858. The van der Waals surface area contributed by atoms with Crippen LogP contribution < -0.4 is 0 Å². The zero-order valence-corrected chi connectivity index (χ0v) is 19.0. The number of carbonyl (C=O) groups excluding carboxylic acids is 2. The van der Waals surface area contributed by atoms with Gasteiger partial charge in [0.1, 0.15) is 11.4 Å². The van der Waals surface area contributed by atoms with Crippen LogP contribution in [0.3, 0.4) is 0 Å². The highest BCUT2D eigenvalue weighted by atomic mass is 16.6. The minimum atomic E-state index is -1.07. The van der Waals surface area contributed by atoms with Crippen molar-refractivity contribution >= 4 is 17.5 Å². The molecule has 2 N–H and O–H groups in total. The van der Waals surface area contributed by atoms with Gasteiger partial charge in [-0.1, -0.05) is 26.3 Å². The number of ketones is 2. The van der Waals surface area contributed by atoms with Crippen molar-refractivity contribution in [1.82, 2.24) is 0 Å². The van der Waals surface area contributed by atoms with Gasteiger partial charge in [0.05, 0.1) is 11.7 Å². The van der Waals surface area contributed by atoms with Crippen molar-refractivity contribution in [3.05, 3.63) is 11.6 Å². The van der Waals surface area contributed by atoms with Crippen LogP contribution in [0.25, 0.3) is 0 Å². The smallest absolute Gasteiger partial charge is 0.303 e. The highest BCUT2D eigenvalue weighted by Crippen LogP contribution is 2.82. The molecule has 5 aliphatic rings. The molecule has 0 aromatic heterocycles. The van der Waals surface area contributed by atoms with Gasteiger partial charge in [-0.05, 0) is 57.4 Å². The van der Waals surface area contributed by atoms with E-state index >= 15 is 0 Å². The van der Waals surface area contributed by atoms with Gasteiger partial charge in [0.15, 0.2) is 5.78 Å². The van der Waals surface area contributed by atoms with Crippen LogP contribution in [0.4, 0.5) is 0 Å². The molecule has 2 unspecified atom stereocenters. The Labute approximate surface area is 183 Å². The molecule has 31 heavy (non-hydrogen) atoms. The monoisotopic (exact) mass is 430 g/mol. The minimum Gasteiger partial charge on any atom is -0.481 e. The number of epoxide rings is 1. The van der Waals surface area contributed by atoms with E-state index in [0.29, 0.717) is 25.7 Å². The second-order valence-electron chi connectivity index (χ2n) is 11.6. The van der Waals surface area contributed by atoms with Gasteiger partial charge >= 0.3 is 5.97 Å². The zero-order valence-electron chi connectivity index (χ0n) is 19.0. The van der Waals surface area contributed by atoms with Gasteiger partial charge in [-0.3, -0.25) is 14.4 Å². The van der Waals surface area contributed by atoms with Crippen molar-refractivity contribution in [2.75, 3.05) is 0 Å². The first kappa shape index (κ1) is 21.3. The molecule has 1 heterocycles. The fourth-order valence-corrected chi connectivity index (χ4v) is 9.07. The molecule has 1 spiro atoms. The predicted molar refractivity (Wildman–Crippen MR) is 112 cm³/mol. The molecule has 1 aliphatic heterocycles. The normalized spacial score (nSPS) is 52.4. The van der Waals surface area contributed by atoms with E-state index in [-0.39, 0.29) is 47.8 Å². The molecule has 4 aliphatic carbocycles. The summed E-state index contributed by atoms with van der Waals surface area (Å²) in [5.41, 5.74) is -1.75. The van der Waals surface area contributed by atoms with Crippen molar-refractivity contribution in [2.45, 2.75) is 96.4 Å². The summed E-state index contributed by atoms with van der Waals surface area (Å²) >= 11 is 0. The van der Waals surface area contributed by atoms with Crippen LogP contribution in [0.1, 0.15) is 79.1 Å². The highest BCUT2D eigenvalue weighted by molar-refractivity contribution is 5.92. The third-order valence-electron chi connectivity index (χ3n) is 10.7. The summed E-state index contributed by atoms with van der Waals surface area (Å²) in [6, 6.07) is 0. The largest absolute Gasteiger partial charge is 0.481 e. The predicted octanol–water partition coefficient (Wildman–Crippen LogP) is 3.45. The summed E-state index contributed by atoms with van der Waals surface area (Å²) in [4.78, 5) is 36.6. The molecule has 5 rings (SSSR count). The van der Waals surface area contributed by atoms with Gasteiger partial charge in [0.25, 0.3) is 0 Å². The second kappa shape index (κ2) is 6.07. The van der Waals surface area contributed by atoms with Gasteiger partial charge < -0.3 is 14.9 Å². The third kappa shape index (κ3) is 2.28. The molecule has 170 valence electrons. The van der Waals surface area contributed by atoms with Crippen molar-refractivity contribution < 1.29 is 29.3 Å². The van der Waals surface area contributed by atoms with E-state index in [1.807, 2.05) is 0 Å². The molecule has 8 atom stereocenters. The number of Topliss-reactive ketones (excluding diaryl/α,β-unsaturated/α-hetero) is 1. The number of hydrogen-bond acceptors (Lipinski definition) is 5. The van der Waals surface area contributed by atoms with Crippen molar-refractivity contribution in [1.29, 1.82) is 0 Å². The number of carbonyl (C=O) groups is 3. The van der Waals surface area contributed by atoms with Crippen LogP contribution in [0.5, 0.6) is 0 Å². The Bertz CT molecular complexity index is 923. The Kier molecular flexibility index (Phi) is 4.18. The SMILES string of the molecule is CC(=O)C1CC2=CC(=O)CC[C@]2(C)C23O[C@@H]2C[C@@]2(C)[C@@H](CC[C@@]2(O)CCC(=O)O)[C@]13C. The fourth-order valence-electron chi connectivity index (χ4n) is 9.07. The van der Waals surface area contributed by atoms with Crippen molar-refractivity contribution in [2.24, 2.45) is 28.1 Å². The Morgan fingerprint density at radius 2 is 1.94 bits per heavy atom. The number of hydrogen-bond donors (Lipinski definition) is 2. The maximum absolute atomic E-state index is 13.0. The standard InChI is InChI=1S/C25H34O6/c1-14(26)17-12-15-11-16(27)5-8-21(15,2)25-19(31-25)13-22(3)18(23(17,25)4)6-9-24(22,30)10-7-20(28)29/h11,17-19,30H,5-10,12-13H2,1-4H3,(H,28,29)/t17?,18-,19-,21+,22+,23+,24-,25?/m1/s1. The lowest BCUT2D eigenvalue weighted by atomic mass is 9.37. The molecule has 3 saturated carbocycles. The molecule has 0 amide bonds. The van der Waals surface area contributed by atoms with E-state index in [1.165, 1.54) is 0 Å². The van der Waals surface area contributed by atoms with Gasteiger partial charge in [0, 0.05) is 35.0 Å². The quantitative estimate of drug-likeness (QED) is 0.662. The second-order valence-corrected chi connectivity index (χ2v) is 11.6. The van der Waals surface area contributed by atoms with Crippen molar-refractivity contribution in [3.63, 3.8) is 0 Å². The highest BCUT2D eigenvalue weighted by Gasteiger charge is 2.86. The number of ether oxygens (including phenoxy) is 1. The van der Waals surface area contributed by atoms with E-state index in [0.717, 1.165) is 18.4 Å². The van der Waals surface area contributed by atoms with E-state index < -0.39 is 28.0 Å². The Morgan fingerprint density at radius 1 is 1.23 bits per heavy atom. The first-order valence-electron chi connectivity index (χ1n) is 11.7. The summed E-state index contributed by atoms with van der Waals surface area (Å²) in [6.07, 6.45) is 5.67. The Balaban J connectivity index is 1.64. The van der Waals surface area contributed by atoms with E-state index in [2.05, 4.69) is 20.8 Å². The molecule has 0 aromatic rings. The van der Waals surface area contributed by atoms with Crippen LogP contribution >= 0.6 is 0 Å².